The molecule has 0 amide bonds. The van der Waals surface area contributed by atoms with Gasteiger partial charge in [0.25, 0.3) is 0 Å². The highest BCUT2D eigenvalue weighted by molar-refractivity contribution is 7.98. The van der Waals surface area contributed by atoms with Crippen LogP contribution in [0.5, 0.6) is 0 Å². The highest BCUT2D eigenvalue weighted by Crippen LogP contribution is 2.25. The van der Waals surface area contributed by atoms with Crippen LogP contribution in [0.3, 0.4) is 0 Å². The van der Waals surface area contributed by atoms with E-state index in [0.29, 0.717) is 15.5 Å². The third kappa shape index (κ3) is 3.01. The number of hydrogen-bond acceptors (Lipinski definition) is 3. The first-order valence-electron chi connectivity index (χ1n) is 4.45. The van der Waals surface area contributed by atoms with Gasteiger partial charge in [0.15, 0.2) is 5.16 Å². The Labute approximate surface area is 98.4 Å². The Kier molecular flexibility index (Phi) is 4.99. The highest BCUT2D eigenvalue weighted by Gasteiger charge is 2.10. The van der Waals surface area contributed by atoms with Gasteiger partial charge in [-0.15, -0.1) is 0 Å². The first-order valence-corrected chi connectivity index (χ1v) is 6.43. The lowest BCUT2D eigenvalue weighted by Crippen LogP contribution is -1.96. The summed E-state index contributed by atoms with van der Waals surface area (Å²) in [4.78, 5) is 8.28. The Morgan fingerprint density at radius 2 is 1.79 bits per heavy atom. The standard InChI is InChI=1S/C9H12Cl2N2S/c1-3-4-5-6-7(10)12-9(14-2)13-8(6)11/h3-5H2,1-2H3. The van der Waals surface area contributed by atoms with Gasteiger partial charge in [-0.2, -0.15) is 0 Å². The van der Waals surface area contributed by atoms with E-state index < -0.39 is 0 Å². The zero-order chi connectivity index (χ0) is 10.6. The molecule has 0 aliphatic rings. The molecule has 0 unspecified atom stereocenters. The molecule has 0 atom stereocenters. The predicted octanol–water partition coefficient (Wildman–Crippen LogP) is 3.85. The van der Waals surface area contributed by atoms with Gasteiger partial charge in [-0.25, -0.2) is 9.97 Å². The van der Waals surface area contributed by atoms with E-state index in [1.165, 1.54) is 11.8 Å². The molecule has 0 radical (unpaired) electrons. The minimum Gasteiger partial charge on any atom is -0.210 e. The Bertz CT molecular complexity index is 295. The number of halogens is 2. The number of unbranched alkanes of at least 4 members (excludes halogenated alkanes) is 1. The third-order valence-corrected chi connectivity index (χ3v) is 3.02. The molecule has 2 nitrogen and oxygen atoms in total. The van der Waals surface area contributed by atoms with Crippen LogP contribution in [-0.4, -0.2) is 16.2 Å². The van der Waals surface area contributed by atoms with Crippen molar-refractivity contribution in [3.63, 3.8) is 0 Å². The molecular weight excluding hydrogens is 239 g/mol. The van der Waals surface area contributed by atoms with Gasteiger partial charge in [-0.05, 0) is 19.1 Å². The van der Waals surface area contributed by atoms with Gasteiger partial charge in [-0.1, -0.05) is 48.3 Å². The SMILES string of the molecule is CCCCc1c(Cl)nc(SC)nc1Cl. The number of hydrogen-bond donors (Lipinski definition) is 0. The van der Waals surface area contributed by atoms with Gasteiger partial charge in [0.2, 0.25) is 0 Å². The molecule has 0 aliphatic carbocycles. The Morgan fingerprint density at radius 1 is 1.21 bits per heavy atom. The van der Waals surface area contributed by atoms with E-state index in [0.717, 1.165) is 24.8 Å². The highest BCUT2D eigenvalue weighted by atomic mass is 35.5. The van der Waals surface area contributed by atoms with Crippen LogP contribution in [-0.2, 0) is 6.42 Å². The second kappa shape index (κ2) is 5.79. The van der Waals surface area contributed by atoms with Crippen LogP contribution in [0.4, 0.5) is 0 Å². The molecule has 1 aromatic heterocycles. The number of thioether (sulfide) groups is 1. The van der Waals surface area contributed by atoms with Crippen LogP contribution in [0.25, 0.3) is 0 Å². The van der Waals surface area contributed by atoms with Crippen molar-refractivity contribution in [1.29, 1.82) is 0 Å². The third-order valence-electron chi connectivity index (χ3n) is 1.85. The van der Waals surface area contributed by atoms with Crippen LogP contribution < -0.4 is 0 Å². The monoisotopic (exact) mass is 250 g/mol. The molecule has 0 saturated heterocycles. The van der Waals surface area contributed by atoms with Crippen molar-refractivity contribution in [2.24, 2.45) is 0 Å². The summed E-state index contributed by atoms with van der Waals surface area (Å²) in [7, 11) is 0. The van der Waals surface area contributed by atoms with Crippen molar-refractivity contribution in [2.75, 3.05) is 6.26 Å². The lowest BCUT2D eigenvalue weighted by molar-refractivity contribution is 0.780. The zero-order valence-electron chi connectivity index (χ0n) is 8.18. The fraction of sp³-hybridized carbons (Fsp3) is 0.556. The summed E-state index contributed by atoms with van der Waals surface area (Å²) in [6.45, 7) is 2.12. The summed E-state index contributed by atoms with van der Waals surface area (Å²) in [5, 5.41) is 1.60. The smallest absolute Gasteiger partial charge is 0.190 e. The van der Waals surface area contributed by atoms with E-state index in [4.69, 9.17) is 23.2 Å². The molecule has 78 valence electrons. The maximum Gasteiger partial charge on any atom is 0.190 e. The topological polar surface area (TPSA) is 25.8 Å². The molecule has 0 bridgehead atoms. The van der Waals surface area contributed by atoms with Gasteiger partial charge < -0.3 is 0 Å². The van der Waals surface area contributed by atoms with Crippen LogP contribution in [0.2, 0.25) is 10.3 Å². The van der Waals surface area contributed by atoms with Crippen molar-refractivity contribution in [3.05, 3.63) is 15.9 Å². The molecule has 0 aliphatic heterocycles. The molecule has 1 rings (SSSR count). The van der Waals surface area contributed by atoms with Crippen molar-refractivity contribution in [3.8, 4) is 0 Å². The minimum absolute atomic E-state index is 0.489. The molecule has 0 N–H and O–H groups in total. The molecular formula is C9H12Cl2N2S. The molecule has 0 spiro atoms. The fourth-order valence-electron chi connectivity index (χ4n) is 1.06. The molecule has 0 aromatic carbocycles. The lowest BCUT2D eigenvalue weighted by atomic mass is 10.1. The predicted molar refractivity (Wildman–Crippen MR) is 62.4 cm³/mol. The summed E-state index contributed by atoms with van der Waals surface area (Å²) in [5.74, 6) is 0. The van der Waals surface area contributed by atoms with Crippen LogP contribution >= 0.6 is 35.0 Å². The normalized spacial score (nSPS) is 10.6. The molecule has 0 fully saturated rings. The van der Waals surface area contributed by atoms with Gasteiger partial charge in [-0.3, -0.25) is 0 Å². The summed E-state index contributed by atoms with van der Waals surface area (Å²) >= 11 is 13.4. The van der Waals surface area contributed by atoms with E-state index in [9.17, 15) is 0 Å². The first-order chi connectivity index (χ1) is 6.69. The molecule has 5 heteroatoms. The van der Waals surface area contributed by atoms with E-state index in [1.54, 1.807) is 0 Å². The second-order valence-corrected chi connectivity index (χ2v) is 4.36. The summed E-state index contributed by atoms with van der Waals surface area (Å²) in [5.41, 5.74) is 0.869. The Balaban J connectivity index is 2.93. The average Bonchev–Trinajstić information content (AvgIpc) is 2.16. The number of rotatable bonds is 4. The van der Waals surface area contributed by atoms with Gasteiger partial charge in [0.05, 0.1) is 0 Å². The van der Waals surface area contributed by atoms with E-state index in [-0.39, 0.29) is 0 Å². The zero-order valence-corrected chi connectivity index (χ0v) is 10.5. The van der Waals surface area contributed by atoms with Crippen molar-refractivity contribution < 1.29 is 0 Å². The number of nitrogens with zero attached hydrogens (tertiary/aromatic N) is 2. The molecule has 1 heterocycles. The largest absolute Gasteiger partial charge is 0.210 e. The number of aromatic nitrogens is 2. The Morgan fingerprint density at radius 3 is 2.21 bits per heavy atom. The molecule has 14 heavy (non-hydrogen) atoms. The first kappa shape index (κ1) is 12.1. The van der Waals surface area contributed by atoms with Gasteiger partial charge >= 0.3 is 0 Å². The van der Waals surface area contributed by atoms with E-state index in [2.05, 4.69) is 16.9 Å². The van der Waals surface area contributed by atoms with E-state index >= 15 is 0 Å². The van der Waals surface area contributed by atoms with E-state index in [1.807, 2.05) is 6.26 Å². The molecule has 1 aromatic rings. The summed E-state index contributed by atoms with van der Waals surface area (Å²) < 4.78 is 0. The lowest BCUT2D eigenvalue weighted by Gasteiger charge is -2.05. The van der Waals surface area contributed by atoms with Crippen molar-refractivity contribution in [1.82, 2.24) is 9.97 Å². The molecule has 0 saturated carbocycles. The summed E-state index contributed by atoms with van der Waals surface area (Å²) in [6, 6.07) is 0. The Hall–Kier alpha value is 0.01000. The second-order valence-electron chi connectivity index (χ2n) is 2.87. The van der Waals surface area contributed by atoms with Crippen LogP contribution in [0.1, 0.15) is 25.3 Å². The van der Waals surface area contributed by atoms with Crippen LogP contribution in [0, 0.1) is 0 Å². The maximum absolute atomic E-state index is 6.00. The average molecular weight is 251 g/mol. The van der Waals surface area contributed by atoms with Gasteiger partial charge in [0, 0.05) is 5.56 Å². The van der Waals surface area contributed by atoms with Crippen molar-refractivity contribution >= 4 is 35.0 Å². The fourth-order valence-corrected chi connectivity index (χ4v) is 2.11. The van der Waals surface area contributed by atoms with Gasteiger partial charge in [0.1, 0.15) is 10.3 Å². The van der Waals surface area contributed by atoms with Crippen molar-refractivity contribution in [2.45, 2.75) is 31.3 Å². The maximum atomic E-state index is 6.00. The minimum atomic E-state index is 0.489. The van der Waals surface area contributed by atoms with Crippen LogP contribution in [0.15, 0.2) is 5.16 Å². The summed E-state index contributed by atoms with van der Waals surface area (Å²) in [6.07, 6.45) is 4.91. The quantitative estimate of drug-likeness (QED) is 0.462.